The van der Waals surface area contributed by atoms with Crippen molar-refractivity contribution in [3.8, 4) is 10.6 Å². The second-order valence-corrected chi connectivity index (χ2v) is 8.62. The Kier molecular flexibility index (Phi) is 4.47. The maximum absolute atomic E-state index is 12.7. The van der Waals surface area contributed by atoms with Crippen LogP contribution in [0.4, 0.5) is 5.69 Å². The zero-order valence-electron chi connectivity index (χ0n) is 13.8. The summed E-state index contributed by atoms with van der Waals surface area (Å²) in [5, 5.41) is 7.05. The quantitative estimate of drug-likeness (QED) is 0.718. The summed E-state index contributed by atoms with van der Waals surface area (Å²) in [6.45, 7) is 5.83. The van der Waals surface area contributed by atoms with Gasteiger partial charge in [-0.3, -0.25) is 9.82 Å². The lowest BCUT2D eigenvalue weighted by atomic mass is 10.1. The molecule has 1 aromatic carbocycles. The Bertz CT molecular complexity index is 971. The number of aromatic nitrogens is 2. The van der Waals surface area contributed by atoms with Gasteiger partial charge in [0.1, 0.15) is 9.90 Å². The standard InChI is InChI=1S/C17H19N3O2S2/c1-4-13-7-5-6-11(2)17(13)20-24(21,22)16-9-8-15(23-16)14-10-12(3)18-19-14/h5-10,20H,4H2,1-3H3,(H,18,19). The number of sulfonamides is 1. The zero-order chi connectivity index (χ0) is 17.3. The van der Waals surface area contributed by atoms with Gasteiger partial charge in [-0.05, 0) is 49.6 Å². The largest absolute Gasteiger partial charge is 0.282 e. The summed E-state index contributed by atoms with van der Waals surface area (Å²) in [5.41, 5.74) is 4.26. The fourth-order valence-corrected chi connectivity index (χ4v) is 4.94. The van der Waals surface area contributed by atoms with Crippen molar-refractivity contribution in [1.29, 1.82) is 0 Å². The molecule has 24 heavy (non-hydrogen) atoms. The first kappa shape index (κ1) is 16.7. The highest BCUT2D eigenvalue weighted by Crippen LogP contribution is 2.32. The van der Waals surface area contributed by atoms with Crippen molar-refractivity contribution in [2.45, 2.75) is 31.4 Å². The van der Waals surface area contributed by atoms with Crippen LogP contribution in [-0.4, -0.2) is 18.6 Å². The first-order valence-corrected chi connectivity index (χ1v) is 9.94. The molecular formula is C17H19N3O2S2. The molecule has 2 heterocycles. The van der Waals surface area contributed by atoms with Crippen LogP contribution in [0, 0.1) is 13.8 Å². The number of aromatic amines is 1. The van der Waals surface area contributed by atoms with E-state index in [0.717, 1.165) is 33.8 Å². The third-order valence-electron chi connectivity index (χ3n) is 3.78. The highest BCUT2D eigenvalue weighted by atomic mass is 32.2. The van der Waals surface area contributed by atoms with E-state index in [0.29, 0.717) is 5.69 Å². The molecule has 0 unspecified atom stereocenters. The fourth-order valence-electron chi connectivity index (χ4n) is 2.50. The molecule has 5 nitrogen and oxygen atoms in total. The van der Waals surface area contributed by atoms with Crippen molar-refractivity contribution < 1.29 is 8.42 Å². The Morgan fingerprint density at radius 2 is 2.00 bits per heavy atom. The molecule has 0 aliphatic rings. The minimum Gasteiger partial charge on any atom is -0.282 e. The number of anilines is 1. The van der Waals surface area contributed by atoms with Crippen LogP contribution in [0.25, 0.3) is 10.6 Å². The molecule has 0 amide bonds. The molecule has 2 N–H and O–H groups in total. The van der Waals surface area contributed by atoms with Gasteiger partial charge >= 0.3 is 0 Å². The summed E-state index contributed by atoms with van der Waals surface area (Å²) in [4.78, 5) is 0.820. The Morgan fingerprint density at radius 1 is 1.21 bits per heavy atom. The first-order valence-electron chi connectivity index (χ1n) is 7.64. The Morgan fingerprint density at radius 3 is 2.67 bits per heavy atom. The van der Waals surface area contributed by atoms with Crippen LogP contribution < -0.4 is 4.72 Å². The van der Waals surface area contributed by atoms with Gasteiger partial charge in [0.05, 0.1) is 10.6 Å². The van der Waals surface area contributed by atoms with Crippen molar-refractivity contribution >= 4 is 27.0 Å². The average Bonchev–Trinajstić information content (AvgIpc) is 3.18. The topological polar surface area (TPSA) is 74.8 Å². The number of rotatable bonds is 5. The van der Waals surface area contributed by atoms with Gasteiger partial charge in [-0.1, -0.05) is 25.1 Å². The van der Waals surface area contributed by atoms with E-state index in [1.165, 1.54) is 11.3 Å². The molecule has 0 saturated heterocycles. The van der Waals surface area contributed by atoms with Crippen LogP contribution in [0.2, 0.25) is 0 Å². The summed E-state index contributed by atoms with van der Waals surface area (Å²) in [6.07, 6.45) is 0.766. The predicted octanol–water partition coefficient (Wildman–Crippen LogP) is 4.12. The third-order valence-corrected chi connectivity index (χ3v) is 6.73. The number of para-hydroxylation sites is 1. The molecule has 3 rings (SSSR count). The van der Waals surface area contributed by atoms with Crippen molar-refractivity contribution in [2.75, 3.05) is 4.72 Å². The summed E-state index contributed by atoms with van der Waals surface area (Å²) in [5.74, 6) is 0. The van der Waals surface area contributed by atoms with Gasteiger partial charge in [-0.25, -0.2) is 8.42 Å². The Balaban J connectivity index is 1.94. The lowest BCUT2D eigenvalue weighted by Crippen LogP contribution is -2.13. The molecule has 0 saturated carbocycles. The van der Waals surface area contributed by atoms with Gasteiger partial charge in [0.15, 0.2) is 0 Å². The minimum atomic E-state index is -3.62. The summed E-state index contributed by atoms with van der Waals surface area (Å²) in [6, 6.07) is 11.1. The van der Waals surface area contributed by atoms with E-state index in [-0.39, 0.29) is 4.21 Å². The van der Waals surface area contributed by atoms with Crippen LogP contribution in [0.3, 0.4) is 0 Å². The monoisotopic (exact) mass is 361 g/mol. The summed E-state index contributed by atoms with van der Waals surface area (Å²) >= 11 is 1.21. The van der Waals surface area contributed by atoms with E-state index in [9.17, 15) is 8.42 Å². The average molecular weight is 361 g/mol. The van der Waals surface area contributed by atoms with E-state index >= 15 is 0 Å². The van der Waals surface area contributed by atoms with Crippen molar-refractivity contribution in [1.82, 2.24) is 10.2 Å². The maximum atomic E-state index is 12.7. The van der Waals surface area contributed by atoms with E-state index in [1.54, 1.807) is 12.1 Å². The Hall–Kier alpha value is -2.12. The molecule has 0 atom stereocenters. The van der Waals surface area contributed by atoms with Crippen LogP contribution in [0.15, 0.2) is 40.6 Å². The van der Waals surface area contributed by atoms with Gasteiger partial charge < -0.3 is 0 Å². The molecule has 0 aliphatic heterocycles. The van der Waals surface area contributed by atoms with Gasteiger partial charge in [0, 0.05) is 5.69 Å². The van der Waals surface area contributed by atoms with Crippen molar-refractivity contribution in [3.05, 3.63) is 53.2 Å². The van der Waals surface area contributed by atoms with Crippen LogP contribution >= 0.6 is 11.3 Å². The molecule has 0 aliphatic carbocycles. The van der Waals surface area contributed by atoms with Crippen molar-refractivity contribution in [3.63, 3.8) is 0 Å². The lowest BCUT2D eigenvalue weighted by molar-refractivity contribution is 0.603. The number of benzene rings is 1. The second kappa shape index (κ2) is 6.41. The third kappa shape index (κ3) is 3.22. The molecule has 3 aromatic rings. The van der Waals surface area contributed by atoms with Gasteiger partial charge in [-0.15, -0.1) is 11.3 Å². The first-order chi connectivity index (χ1) is 11.4. The lowest BCUT2D eigenvalue weighted by Gasteiger charge is -2.13. The summed E-state index contributed by atoms with van der Waals surface area (Å²) < 4.78 is 28.5. The second-order valence-electron chi connectivity index (χ2n) is 5.62. The SMILES string of the molecule is CCc1cccc(C)c1NS(=O)(=O)c1ccc(-c2cc(C)[nH]n2)s1. The summed E-state index contributed by atoms with van der Waals surface area (Å²) in [7, 11) is -3.62. The highest BCUT2D eigenvalue weighted by Gasteiger charge is 2.20. The number of thiophene rings is 1. The smallest absolute Gasteiger partial charge is 0.271 e. The zero-order valence-corrected chi connectivity index (χ0v) is 15.4. The van der Waals surface area contributed by atoms with E-state index in [4.69, 9.17) is 0 Å². The number of H-pyrrole nitrogens is 1. The minimum absolute atomic E-state index is 0.281. The number of nitrogens with zero attached hydrogens (tertiary/aromatic N) is 1. The molecular weight excluding hydrogens is 342 g/mol. The predicted molar refractivity (Wildman–Crippen MR) is 98.0 cm³/mol. The van der Waals surface area contributed by atoms with Crippen LogP contribution in [-0.2, 0) is 16.4 Å². The van der Waals surface area contributed by atoms with Crippen molar-refractivity contribution in [2.24, 2.45) is 0 Å². The molecule has 0 radical (unpaired) electrons. The highest BCUT2D eigenvalue weighted by molar-refractivity contribution is 7.94. The number of aryl methyl sites for hydroxylation is 3. The van der Waals surface area contributed by atoms with E-state index in [1.807, 2.05) is 45.0 Å². The Labute approximate surface area is 145 Å². The van der Waals surface area contributed by atoms with Gasteiger partial charge in [-0.2, -0.15) is 5.10 Å². The van der Waals surface area contributed by atoms with Gasteiger partial charge in [0.2, 0.25) is 0 Å². The van der Waals surface area contributed by atoms with Gasteiger partial charge in [0.25, 0.3) is 10.0 Å². The fraction of sp³-hybridized carbons (Fsp3) is 0.235. The van der Waals surface area contributed by atoms with Crippen LogP contribution in [0.1, 0.15) is 23.7 Å². The van der Waals surface area contributed by atoms with E-state index in [2.05, 4.69) is 14.9 Å². The normalized spacial score (nSPS) is 11.6. The number of hydrogen-bond donors (Lipinski definition) is 2. The molecule has 0 spiro atoms. The number of hydrogen-bond acceptors (Lipinski definition) is 4. The maximum Gasteiger partial charge on any atom is 0.271 e. The molecule has 126 valence electrons. The molecule has 2 aromatic heterocycles. The molecule has 0 bridgehead atoms. The molecule has 7 heteroatoms. The molecule has 0 fully saturated rings. The number of nitrogens with one attached hydrogen (secondary N) is 2. The van der Waals surface area contributed by atoms with Crippen LogP contribution in [0.5, 0.6) is 0 Å². The van der Waals surface area contributed by atoms with E-state index < -0.39 is 10.0 Å².